The minimum absolute atomic E-state index is 0.172. The van der Waals surface area contributed by atoms with E-state index in [2.05, 4.69) is 20.5 Å². The second-order valence-electron chi connectivity index (χ2n) is 5.74. The van der Waals surface area contributed by atoms with Crippen LogP contribution in [0.4, 0.5) is 5.69 Å². The van der Waals surface area contributed by atoms with Crippen molar-refractivity contribution in [1.29, 1.82) is 0 Å². The first-order valence-electron chi connectivity index (χ1n) is 8.24. The molecule has 1 aromatic heterocycles. The molecule has 26 heavy (non-hydrogen) atoms. The van der Waals surface area contributed by atoms with Gasteiger partial charge in [0.05, 0.1) is 23.1 Å². The Morgan fingerprint density at radius 3 is 2.15 bits per heavy atom. The Morgan fingerprint density at radius 1 is 0.846 bits per heavy atom. The molecule has 0 atom stereocenters. The van der Waals surface area contributed by atoms with E-state index in [0.717, 1.165) is 16.8 Å². The smallest absolute Gasteiger partial charge is 0.258 e. The Balaban J connectivity index is 1.80. The Kier molecular flexibility index (Phi) is 4.26. The fourth-order valence-electron chi connectivity index (χ4n) is 2.79. The number of para-hydroxylation sites is 1. The third-order valence-corrected chi connectivity index (χ3v) is 4.05. The summed E-state index contributed by atoms with van der Waals surface area (Å²) < 4.78 is 0. The summed E-state index contributed by atoms with van der Waals surface area (Å²) >= 11 is 0. The van der Waals surface area contributed by atoms with Crippen LogP contribution in [0.2, 0.25) is 0 Å². The third-order valence-electron chi connectivity index (χ3n) is 4.05. The van der Waals surface area contributed by atoms with Crippen LogP contribution in [0.25, 0.3) is 10.9 Å². The highest BCUT2D eigenvalue weighted by Crippen LogP contribution is 2.19. The lowest BCUT2D eigenvalue weighted by molar-refractivity contribution is 1.17. The minimum Gasteiger partial charge on any atom is -0.313 e. The van der Waals surface area contributed by atoms with Gasteiger partial charge in [0.25, 0.3) is 5.56 Å². The van der Waals surface area contributed by atoms with Crippen LogP contribution in [0.3, 0.4) is 0 Å². The lowest BCUT2D eigenvalue weighted by Gasteiger charge is -2.09. The van der Waals surface area contributed by atoms with Gasteiger partial charge in [-0.25, -0.2) is 4.98 Å². The molecule has 0 fully saturated rings. The maximum atomic E-state index is 12.0. The van der Waals surface area contributed by atoms with Gasteiger partial charge in [-0.2, -0.15) is 5.10 Å². The maximum absolute atomic E-state index is 12.0. The molecule has 5 heteroatoms. The number of hydrogen-bond donors (Lipinski definition) is 2. The summed E-state index contributed by atoms with van der Waals surface area (Å²) in [6, 6.07) is 25.3. The summed E-state index contributed by atoms with van der Waals surface area (Å²) in [4.78, 5) is 18.8. The van der Waals surface area contributed by atoms with Crippen LogP contribution >= 0.6 is 0 Å². The number of rotatable bonds is 4. The minimum atomic E-state index is -0.172. The first-order valence-corrected chi connectivity index (χ1v) is 8.24. The number of fused-ring (bicyclic) bond motifs is 1. The van der Waals surface area contributed by atoms with E-state index >= 15 is 0 Å². The number of nitrogens with zero attached hydrogens (tertiary/aromatic N) is 2. The summed E-state index contributed by atoms with van der Waals surface area (Å²) in [5.41, 5.74) is 6.98. The Bertz CT molecular complexity index is 1080. The van der Waals surface area contributed by atoms with Gasteiger partial charge in [-0.3, -0.25) is 10.2 Å². The summed E-state index contributed by atoms with van der Waals surface area (Å²) in [6.07, 6.45) is 1.40. The highest BCUT2D eigenvalue weighted by Gasteiger charge is 2.08. The number of H-pyrrole nitrogens is 1. The molecule has 1 heterocycles. The second-order valence-corrected chi connectivity index (χ2v) is 5.74. The van der Waals surface area contributed by atoms with Crippen LogP contribution in [0.1, 0.15) is 11.1 Å². The second kappa shape index (κ2) is 7.03. The van der Waals surface area contributed by atoms with Crippen LogP contribution in [0, 0.1) is 0 Å². The largest absolute Gasteiger partial charge is 0.313 e. The zero-order chi connectivity index (χ0) is 17.8. The SMILES string of the molecule is O=c1[nH]cnc2c(NN=C(c3ccccc3)c3ccccc3)cccc12. The van der Waals surface area contributed by atoms with E-state index in [1.54, 1.807) is 6.07 Å². The van der Waals surface area contributed by atoms with Gasteiger partial charge >= 0.3 is 0 Å². The number of benzene rings is 3. The summed E-state index contributed by atoms with van der Waals surface area (Å²) in [7, 11) is 0. The molecule has 4 rings (SSSR count). The topological polar surface area (TPSA) is 70.1 Å². The molecule has 126 valence electrons. The Hall–Kier alpha value is -3.73. The summed E-state index contributed by atoms with van der Waals surface area (Å²) in [5.74, 6) is 0. The normalized spacial score (nSPS) is 10.5. The monoisotopic (exact) mass is 340 g/mol. The average molecular weight is 340 g/mol. The van der Waals surface area contributed by atoms with Gasteiger partial charge in [0.1, 0.15) is 5.52 Å². The van der Waals surface area contributed by atoms with E-state index in [1.165, 1.54) is 6.33 Å². The predicted octanol–water partition coefficient (Wildman–Crippen LogP) is 3.79. The lowest BCUT2D eigenvalue weighted by atomic mass is 10.0. The van der Waals surface area contributed by atoms with E-state index < -0.39 is 0 Å². The molecule has 0 saturated carbocycles. The molecule has 0 unspecified atom stereocenters. The molecular weight excluding hydrogens is 324 g/mol. The number of anilines is 1. The van der Waals surface area contributed by atoms with E-state index in [-0.39, 0.29) is 5.56 Å². The van der Waals surface area contributed by atoms with Gasteiger partial charge in [-0.1, -0.05) is 66.7 Å². The molecule has 0 aliphatic carbocycles. The first-order chi connectivity index (χ1) is 12.8. The number of aromatic amines is 1. The molecule has 0 amide bonds. The zero-order valence-electron chi connectivity index (χ0n) is 13.9. The Morgan fingerprint density at radius 2 is 1.50 bits per heavy atom. The number of hydrogen-bond acceptors (Lipinski definition) is 4. The molecule has 0 saturated heterocycles. The average Bonchev–Trinajstić information content (AvgIpc) is 2.70. The lowest BCUT2D eigenvalue weighted by Crippen LogP contribution is -2.09. The maximum Gasteiger partial charge on any atom is 0.258 e. The quantitative estimate of drug-likeness (QED) is 0.439. The van der Waals surface area contributed by atoms with E-state index in [1.807, 2.05) is 72.8 Å². The standard InChI is InChI=1S/C21H16N4O/c26-21-17-12-7-13-18(20(17)22-14-23-21)24-25-19(15-8-3-1-4-9-15)16-10-5-2-6-11-16/h1-14,24H,(H,22,23,26). The van der Waals surface area contributed by atoms with Crippen LogP contribution in [0.15, 0.2) is 95.1 Å². The number of hydrazone groups is 1. The van der Waals surface area contributed by atoms with Crippen LogP contribution < -0.4 is 11.0 Å². The zero-order valence-corrected chi connectivity index (χ0v) is 13.9. The molecule has 0 aliphatic rings. The van der Waals surface area contributed by atoms with Crippen molar-refractivity contribution in [2.24, 2.45) is 5.10 Å². The predicted molar refractivity (Wildman–Crippen MR) is 105 cm³/mol. The van der Waals surface area contributed by atoms with Crippen molar-refractivity contribution >= 4 is 22.3 Å². The molecule has 0 radical (unpaired) electrons. The van der Waals surface area contributed by atoms with Crippen molar-refractivity contribution in [3.63, 3.8) is 0 Å². The van der Waals surface area contributed by atoms with Gasteiger partial charge in [0, 0.05) is 11.1 Å². The molecule has 0 spiro atoms. The Labute approximate surface area is 150 Å². The van der Waals surface area contributed by atoms with Crippen LogP contribution in [-0.2, 0) is 0 Å². The van der Waals surface area contributed by atoms with Gasteiger partial charge < -0.3 is 4.98 Å². The number of aromatic nitrogens is 2. The molecule has 3 aromatic carbocycles. The van der Waals surface area contributed by atoms with Gasteiger partial charge in [0.2, 0.25) is 0 Å². The van der Waals surface area contributed by atoms with Crippen molar-refractivity contribution in [1.82, 2.24) is 9.97 Å². The fraction of sp³-hybridized carbons (Fsp3) is 0. The van der Waals surface area contributed by atoms with Crippen LogP contribution in [-0.4, -0.2) is 15.7 Å². The molecule has 4 aromatic rings. The summed E-state index contributed by atoms with van der Waals surface area (Å²) in [6.45, 7) is 0. The summed E-state index contributed by atoms with van der Waals surface area (Å²) in [5, 5.41) is 5.15. The molecule has 0 aliphatic heterocycles. The van der Waals surface area contributed by atoms with Crippen molar-refractivity contribution in [2.75, 3.05) is 5.43 Å². The molecular formula is C21H16N4O. The van der Waals surface area contributed by atoms with Crippen molar-refractivity contribution in [3.05, 3.63) is 107 Å². The van der Waals surface area contributed by atoms with E-state index in [0.29, 0.717) is 16.6 Å². The van der Waals surface area contributed by atoms with Gasteiger partial charge in [-0.05, 0) is 12.1 Å². The molecule has 5 nitrogen and oxygen atoms in total. The highest BCUT2D eigenvalue weighted by molar-refractivity contribution is 6.13. The third kappa shape index (κ3) is 3.10. The van der Waals surface area contributed by atoms with Crippen molar-refractivity contribution in [3.8, 4) is 0 Å². The van der Waals surface area contributed by atoms with Crippen LogP contribution in [0.5, 0.6) is 0 Å². The van der Waals surface area contributed by atoms with Crippen molar-refractivity contribution in [2.45, 2.75) is 0 Å². The van der Waals surface area contributed by atoms with Crippen molar-refractivity contribution < 1.29 is 0 Å². The molecule has 2 N–H and O–H groups in total. The number of nitrogens with one attached hydrogen (secondary N) is 2. The molecule has 0 bridgehead atoms. The van der Waals surface area contributed by atoms with E-state index in [9.17, 15) is 4.79 Å². The van der Waals surface area contributed by atoms with E-state index in [4.69, 9.17) is 0 Å². The first kappa shape index (κ1) is 15.8. The van der Waals surface area contributed by atoms with Gasteiger partial charge in [0.15, 0.2) is 0 Å². The fourth-order valence-corrected chi connectivity index (χ4v) is 2.79. The highest BCUT2D eigenvalue weighted by atomic mass is 16.1. The van der Waals surface area contributed by atoms with Gasteiger partial charge in [-0.15, -0.1) is 0 Å².